The summed E-state index contributed by atoms with van der Waals surface area (Å²) >= 11 is 0. The monoisotopic (exact) mass is 341 g/mol. The van der Waals surface area contributed by atoms with Crippen molar-refractivity contribution in [3.8, 4) is 11.5 Å². The largest absolute Gasteiger partial charge is 0.361 e. The second-order valence-electron chi connectivity index (χ2n) is 6.74. The minimum atomic E-state index is 0.707. The summed E-state index contributed by atoms with van der Waals surface area (Å²) in [6.07, 6.45) is 6.72. The van der Waals surface area contributed by atoms with E-state index in [1.54, 1.807) is 6.20 Å². The summed E-state index contributed by atoms with van der Waals surface area (Å²) in [6, 6.07) is 14.6. The summed E-state index contributed by atoms with van der Waals surface area (Å²) in [5.74, 6) is 0.707. The number of H-pyrrole nitrogens is 1. The van der Waals surface area contributed by atoms with Crippen LogP contribution >= 0.6 is 0 Å². The lowest BCUT2D eigenvalue weighted by Gasteiger charge is -2.28. The SMILES string of the molecule is c1ccc(-c2ncc3c(n2)CN(Cc2ccc4cc[nH]c4c2)CC3)nc1. The molecule has 0 saturated heterocycles. The predicted octanol–water partition coefficient (Wildman–Crippen LogP) is 3.58. The first-order valence-electron chi connectivity index (χ1n) is 8.90. The number of fused-ring (bicyclic) bond motifs is 2. The summed E-state index contributed by atoms with van der Waals surface area (Å²) in [4.78, 5) is 19.4. The van der Waals surface area contributed by atoms with Crippen LogP contribution in [0.5, 0.6) is 0 Å². The first kappa shape index (κ1) is 15.2. The molecule has 128 valence electrons. The van der Waals surface area contributed by atoms with Crippen molar-refractivity contribution in [1.29, 1.82) is 0 Å². The van der Waals surface area contributed by atoms with Crippen LogP contribution in [0.25, 0.3) is 22.4 Å². The van der Waals surface area contributed by atoms with E-state index in [1.807, 2.05) is 30.6 Å². The van der Waals surface area contributed by atoms with Gasteiger partial charge in [0.1, 0.15) is 5.69 Å². The molecule has 0 amide bonds. The molecule has 0 fully saturated rings. The zero-order valence-corrected chi connectivity index (χ0v) is 14.4. The summed E-state index contributed by atoms with van der Waals surface area (Å²) in [7, 11) is 0. The van der Waals surface area contributed by atoms with Crippen molar-refractivity contribution in [3.63, 3.8) is 0 Å². The lowest BCUT2D eigenvalue weighted by molar-refractivity contribution is 0.241. The molecule has 5 nitrogen and oxygen atoms in total. The second-order valence-corrected chi connectivity index (χ2v) is 6.74. The first-order valence-corrected chi connectivity index (χ1v) is 8.90. The van der Waals surface area contributed by atoms with Crippen molar-refractivity contribution < 1.29 is 0 Å². The maximum atomic E-state index is 4.80. The van der Waals surface area contributed by atoms with Gasteiger partial charge in [-0.05, 0) is 47.2 Å². The van der Waals surface area contributed by atoms with E-state index in [1.165, 1.54) is 22.0 Å². The Bertz CT molecular complexity index is 1050. The highest BCUT2D eigenvalue weighted by Gasteiger charge is 2.19. The van der Waals surface area contributed by atoms with Gasteiger partial charge >= 0.3 is 0 Å². The smallest absolute Gasteiger partial charge is 0.178 e. The Kier molecular flexibility index (Phi) is 3.72. The number of nitrogens with zero attached hydrogens (tertiary/aromatic N) is 4. The first-order chi connectivity index (χ1) is 12.8. The van der Waals surface area contributed by atoms with E-state index in [4.69, 9.17) is 4.98 Å². The summed E-state index contributed by atoms with van der Waals surface area (Å²) in [5.41, 5.74) is 5.71. The van der Waals surface area contributed by atoms with Crippen LogP contribution in [0.2, 0.25) is 0 Å². The lowest BCUT2D eigenvalue weighted by Crippen LogP contribution is -2.31. The molecule has 1 aromatic carbocycles. The molecule has 1 aliphatic rings. The summed E-state index contributed by atoms with van der Waals surface area (Å²) < 4.78 is 0. The average Bonchev–Trinajstić information content (AvgIpc) is 3.16. The van der Waals surface area contributed by atoms with Gasteiger partial charge in [-0.15, -0.1) is 0 Å². The molecule has 26 heavy (non-hydrogen) atoms. The normalized spacial score (nSPS) is 14.5. The topological polar surface area (TPSA) is 57.7 Å². The molecule has 0 bridgehead atoms. The highest BCUT2D eigenvalue weighted by atomic mass is 15.1. The average molecular weight is 341 g/mol. The van der Waals surface area contributed by atoms with Crippen molar-refractivity contribution in [3.05, 3.63) is 77.9 Å². The molecule has 0 unspecified atom stereocenters. The molecule has 4 heterocycles. The van der Waals surface area contributed by atoms with Gasteiger partial charge in [0.25, 0.3) is 0 Å². The van der Waals surface area contributed by atoms with E-state index in [9.17, 15) is 0 Å². The maximum Gasteiger partial charge on any atom is 0.178 e. The van der Waals surface area contributed by atoms with Gasteiger partial charge < -0.3 is 4.98 Å². The number of hydrogen-bond donors (Lipinski definition) is 1. The van der Waals surface area contributed by atoms with Gasteiger partial charge in [-0.3, -0.25) is 9.88 Å². The van der Waals surface area contributed by atoms with Crippen molar-refractivity contribution in [2.24, 2.45) is 0 Å². The molecule has 0 aliphatic carbocycles. The molecule has 0 saturated carbocycles. The van der Waals surface area contributed by atoms with Gasteiger partial charge in [0.05, 0.1) is 5.69 Å². The number of pyridine rings is 1. The fraction of sp³-hybridized carbons (Fsp3) is 0.190. The Morgan fingerprint density at radius 1 is 1.08 bits per heavy atom. The van der Waals surface area contributed by atoms with Crippen molar-refractivity contribution in [2.45, 2.75) is 19.5 Å². The molecule has 3 aromatic heterocycles. The van der Waals surface area contributed by atoms with E-state index >= 15 is 0 Å². The Morgan fingerprint density at radius 3 is 3.00 bits per heavy atom. The molecule has 0 atom stereocenters. The van der Waals surface area contributed by atoms with E-state index < -0.39 is 0 Å². The molecule has 1 aliphatic heterocycles. The van der Waals surface area contributed by atoms with Crippen LogP contribution < -0.4 is 0 Å². The number of aromatic nitrogens is 4. The Balaban J connectivity index is 1.38. The van der Waals surface area contributed by atoms with Gasteiger partial charge in [-0.2, -0.15) is 0 Å². The Hall–Kier alpha value is -3.05. The quantitative estimate of drug-likeness (QED) is 0.619. The molecule has 4 aromatic rings. The number of rotatable bonds is 3. The van der Waals surface area contributed by atoms with Crippen LogP contribution in [0.4, 0.5) is 0 Å². The molecule has 1 N–H and O–H groups in total. The zero-order chi connectivity index (χ0) is 17.3. The van der Waals surface area contributed by atoms with Gasteiger partial charge in [-0.25, -0.2) is 9.97 Å². The van der Waals surface area contributed by atoms with Crippen LogP contribution in [0.3, 0.4) is 0 Å². The third kappa shape index (κ3) is 2.86. The summed E-state index contributed by atoms with van der Waals surface area (Å²) in [6.45, 7) is 2.81. The van der Waals surface area contributed by atoms with E-state index in [2.05, 4.69) is 44.1 Å². The van der Waals surface area contributed by atoms with Crippen LogP contribution in [0.15, 0.2) is 61.1 Å². The molecular formula is C21H19N5. The van der Waals surface area contributed by atoms with Crippen molar-refractivity contribution in [2.75, 3.05) is 6.54 Å². The third-order valence-electron chi connectivity index (χ3n) is 4.94. The number of nitrogens with one attached hydrogen (secondary N) is 1. The van der Waals surface area contributed by atoms with Gasteiger partial charge in [-0.1, -0.05) is 18.2 Å². The fourth-order valence-corrected chi connectivity index (χ4v) is 3.56. The molecule has 5 heteroatoms. The minimum absolute atomic E-state index is 0.707. The maximum absolute atomic E-state index is 4.80. The van der Waals surface area contributed by atoms with Crippen LogP contribution in [0.1, 0.15) is 16.8 Å². The highest BCUT2D eigenvalue weighted by molar-refractivity contribution is 5.79. The second kappa shape index (κ2) is 6.35. The van der Waals surface area contributed by atoms with Crippen LogP contribution in [-0.2, 0) is 19.5 Å². The Labute approximate surface area is 151 Å². The lowest BCUT2D eigenvalue weighted by atomic mass is 10.1. The van der Waals surface area contributed by atoms with Crippen molar-refractivity contribution >= 4 is 10.9 Å². The van der Waals surface area contributed by atoms with Gasteiger partial charge in [0, 0.05) is 43.7 Å². The minimum Gasteiger partial charge on any atom is -0.361 e. The van der Waals surface area contributed by atoms with Crippen LogP contribution in [0, 0.1) is 0 Å². The number of hydrogen-bond acceptors (Lipinski definition) is 4. The van der Waals surface area contributed by atoms with Crippen LogP contribution in [-0.4, -0.2) is 31.4 Å². The predicted molar refractivity (Wildman–Crippen MR) is 101 cm³/mol. The number of aromatic amines is 1. The third-order valence-corrected chi connectivity index (χ3v) is 4.94. The summed E-state index contributed by atoms with van der Waals surface area (Å²) in [5, 5.41) is 1.26. The van der Waals surface area contributed by atoms with E-state index in [0.717, 1.165) is 37.4 Å². The van der Waals surface area contributed by atoms with Gasteiger partial charge in [0.15, 0.2) is 5.82 Å². The Morgan fingerprint density at radius 2 is 2.08 bits per heavy atom. The molecule has 5 rings (SSSR count). The van der Waals surface area contributed by atoms with E-state index in [0.29, 0.717) is 5.82 Å². The standard InChI is InChI=1S/C21H19N5/c1-2-8-22-18(3-1)21-24-12-17-7-10-26(14-20(17)25-21)13-15-4-5-16-6-9-23-19(16)11-15/h1-6,8-9,11-12,23H,7,10,13-14H2. The molecule has 0 spiro atoms. The van der Waals surface area contributed by atoms with Gasteiger partial charge in [0.2, 0.25) is 0 Å². The zero-order valence-electron chi connectivity index (χ0n) is 14.4. The number of benzene rings is 1. The fourth-order valence-electron chi connectivity index (χ4n) is 3.56. The molecular weight excluding hydrogens is 322 g/mol. The van der Waals surface area contributed by atoms with Crippen molar-refractivity contribution in [1.82, 2.24) is 24.8 Å². The van der Waals surface area contributed by atoms with E-state index in [-0.39, 0.29) is 0 Å². The highest BCUT2D eigenvalue weighted by Crippen LogP contribution is 2.22. The molecule has 0 radical (unpaired) electrons.